The molecule has 2 rings (SSSR count). The van der Waals surface area contributed by atoms with Crippen molar-refractivity contribution in [2.24, 2.45) is 0 Å². The van der Waals surface area contributed by atoms with E-state index in [-0.39, 0.29) is 0 Å². The maximum absolute atomic E-state index is 5.20. The normalized spacial score (nSPS) is 11.1. The molecule has 0 aromatic carbocycles. The summed E-state index contributed by atoms with van der Waals surface area (Å²) in [5.74, 6) is 0.733. The van der Waals surface area contributed by atoms with E-state index in [2.05, 4.69) is 29.3 Å². The summed E-state index contributed by atoms with van der Waals surface area (Å²) >= 11 is 1.55. The van der Waals surface area contributed by atoms with E-state index in [1.54, 1.807) is 16.8 Å². The van der Waals surface area contributed by atoms with Gasteiger partial charge in [0.1, 0.15) is 5.69 Å². The van der Waals surface area contributed by atoms with Gasteiger partial charge in [0.25, 0.3) is 0 Å². The fraction of sp³-hybridized carbons (Fsp3) is 0.400. The van der Waals surface area contributed by atoms with Gasteiger partial charge in [-0.3, -0.25) is 0 Å². The minimum atomic E-state index is 0.449. The third kappa shape index (κ3) is 2.64. The van der Waals surface area contributed by atoms with Gasteiger partial charge in [0.2, 0.25) is 0 Å². The minimum Gasteiger partial charge on any atom is -0.354 e. The van der Waals surface area contributed by atoms with Gasteiger partial charge in [0.15, 0.2) is 5.76 Å². The monoisotopic (exact) mass is 223 g/mol. The lowest BCUT2D eigenvalue weighted by Crippen LogP contribution is -2.21. The highest BCUT2D eigenvalue weighted by atomic mass is 32.1. The van der Waals surface area contributed by atoms with Crippen molar-refractivity contribution in [1.82, 2.24) is 15.5 Å². The summed E-state index contributed by atoms with van der Waals surface area (Å²) in [6, 6.07) is 2.37. The number of hydrogen-bond donors (Lipinski definition) is 1. The Morgan fingerprint density at radius 1 is 1.53 bits per heavy atom. The molecule has 0 amide bonds. The van der Waals surface area contributed by atoms with Crippen LogP contribution in [0.4, 0.5) is 0 Å². The van der Waals surface area contributed by atoms with Crippen molar-refractivity contribution in [1.29, 1.82) is 0 Å². The molecule has 5 heteroatoms. The highest BCUT2D eigenvalue weighted by molar-refractivity contribution is 7.07. The van der Waals surface area contributed by atoms with E-state index in [1.165, 1.54) is 0 Å². The molecule has 2 aromatic heterocycles. The lowest BCUT2D eigenvalue weighted by Gasteiger charge is -2.03. The van der Waals surface area contributed by atoms with Crippen molar-refractivity contribution in [3.8, 4) is 11.5 Å². The van der Waals surface area contributed by atoms with Crippen molar-refractivity contribution in [2.45, 2.75) is 26.4 Å². The molecule has 0 radical (unpaired) electrons. The predicted molar refractivity (Wildman–Crippen MR) is 59.6 cm³/mol. The predicted octanol–water partition coefficient (Wildman–Crippen LogP) is 2.30. The Balaban J connectivity index is 2.04. The molecule has 0 fully saturated rings. The standard InChI is InChI=1S/C10H13N3OS/c1-7(2)11-4-8-3-10(14-13-8)9-5-15-6-12-9/h3,5-7,11H,4H2,1-2H3. The molecule has 0 aliphatic carbocycles. The molecule has 0 aliphatic heterocycles. The third-order valence-corrected chi connectivity index (χ3v) is 2.52. The minimum absolute atomic E-state index is 0.449. The molecule has 15 heavy (non-hydrogen) atoms. The summed E-state index contributed by atoms with van der Waals surface area (Å²) in [6.45, 7) is 4.92. The van der Waals surface area contributed by atoms with Crippen molar-refractivity contribution < 1.29 is 4.52 Å². The van der Waals surface area contributed by atoms with Crippen molar-refractivity contribution in [3.63, 3.8) is 0 Å². The number of hydrogen-bond acceptors (Lipinski definition) is 5. The van der Waals surface area contributed by atoms with Gasteiger partial charge in [-0.1, -0.05) is 19.0 Å². The number of thiazole rings is 1. The molecule has 0 saturated heterocycles. The molecule has 0 saturated carbocycles. The second-order valence-corrected chi connectivity index (χ2v) is 4.31. The number of aromatic nitrogens is 2. The van der Waals surface area contributed by atoms with Gasteiger partial charge in [-0.25, -0.2) is 4.98 Å². The zero-order valence-electron chi connectivity index (χ0n) is 8.73. The van der Waals surface area contributed by atoms with Crippen LogP contribution in [0.15, 0.2) is 21.5 Å². The Labute approximate surface area is 92.3 Å². The number of nitrogens with one attached hydrogen (secondary N) is 1. The molecule has 1 N–H and O–H groups in total. The molecule has 0 unspecified atom stereocenters. The molecule has 2 heterocycles. The summed E-state index contributed by atoms with van der Waals surface area (Å²) in [7, 11) is 0. The van der Waals surface area contributed by atoms with Crippen molar-refractivity contribution in [3.05, 3.63) is 22.7 Å². The summed E-state index contributed by atoms with van der Waals surface area (Å²) < 4.78 is 5.20. The summed E-state index contributed by atoms with van der Waals surface area (Å²) in [5.41, 5.74) is 3.54. The maximum Gasteiger partial charge on any atom is 0.186 e. The summed E-state index contributed by atoms with van der Waals surface area (Å²) in [4.78, 5) is 4.16. The SMILES string of the molecule is CC(C)NCc1cc(-c2cscn2)on1. The average molecular weight is 223 g/mol. The van der Waals surface area contributed by atoms with Crippen LogP contribution < -0.4 is 5.32 Å². The van der Waals surface area contributed by atoms with Crippen LogP contribution in [0, 0.1) is 0 Å². The van der Waals surface area contributed by atoms with Crippen LogP contribution in [0.3, 0.4) is 0 Å². The zero-order chi connectivity index (χ0) is 10.7. The van der Waals surface area contributed by atoms with Gasteiger partial charge in [-0.2, -0.15) is 0 Å². The first kappa shape index (κ1) is 10.3. The lowest BCUT2D eigenvalue weighted by molar-refractivity contribution is 0.417. The Morgan fingerprint density at radius 3 is 3.07 bits per heavy atom. The summed E-state index contributed by atoms with van der Waals surface area (Å²) in [5, 5.41) is 9.20. The van der Waals surface area contributed by atoms with Gasteiger partial charge < -0.3 is 9.84 Å². The smallest absolute Gasteiger partial charge is 0.186 e. The van der Waals surface area contributed by atoms with Crippen LogP contribution in [0.1, 0.15) is 19.5 Å². The van der Waals surface area contributed by atoms with Gasteiger partial charge in [-0.15, -0.1) is 11.3 Å². The first-order chi connectivity index (χ1) is 7.25. The van der Waals surface area contributed by atoms with Gasteiger partial charge >= 0.3 is 0 Å². The lowest BCUT2D eigenvalue weighted by atomic mass is 10.3. The third-order valence-electron chi connectivity index (χ3n) is 1.94. The Kier molecular flexibility index (Phi) is 3.13. The fourth-order valence-electron chi connectivity index (χ4n) is 1.16. The first-order valence-corrected chi connectivity index (χ1v) is 5.77. The summed E-state index contributed by atoms with van der Waals surface area (Å²) in [6.07, 6.45) is 0. The Hall–Kier alpha value is -1.20. The second-order valence-electron chi connectivity index (χ2n) is 3.59. The molecular formula is C10H13N3OS. The highest BCUT2D eigenvalue weighted by Crippen LogP contribution is 2.19. The van der Waals surface area contributed by atoms with E-state index in [4.69, 9.17) is 4.52 Å². The van der Waals surface area contributed by atoms with Crippen molar-refractivity contribution in [2.75, 3.05) is 0 Å². The van der Waals surface area contributed by atoms with E-state index in [0.29, 0.717) is 6.04 Å². The Bertz CT molecular complexity index is 408. The van der Waals surface area contributed by atoms with Gasteiger partial charge in [0, 0.05) is 24.0 Å². The van der Waals surface area contributed by atoms with Crippen molar-refractivity contribution >= 4 is 11.3 Å². The molecule has 2 aromatic rings. The fourth-order valence-corrected chi connectivity index (χ4v) is 1.70. The van der Waals surface area contributed by atoms with Crippen LogP contribution >= 0.6 is 11.3 Å². The molecule has 4 nitrogen and oxygen atoms in total. The zero-order valence-corrected chi connectivity index (χ0v) is 9.54. The van der Waals surface area contributed by atoms with Crippen LogP contribution in [-0.4, -0.2) is 16.2 Å². The van der Waals surface area contributed by atoms with E-state index < -0.39 is 0 Å². The largest absolute Gasteiger partial charge is 0.354 e. The quantitative estimate of drug-likeness (QED) is 0.864. The van der Waals surface area contributed by atoms with Crippen LogP contribution in [0.2, 0.25) is 0 Å². The Morgan fingerprint density at radius 2 is 2.40 bits per heavy atom. The van der Waals surface area contributed by atoms with Gasteiger partial charge in [0.05, 0.1) is 11.2 Å². The van der Waals surface area contributed by atoms with E-state index in [0.717, 1.165) is 23.7 Å². The van der Waals surface area contributed by atoms with Crippen LogP contribution in [0.25, 0.3) is 11.5 Å². The van der Waals surface area contributed by atoms with E-state index in [9.17, 15) is 0 Å². The number of rotatable bonds is 4. The van der Waals surface area contributed by atoms with E-state index >= 15 is 0 Å². The molecule has 80 valence electrons. The van der Waals surface area contributed by atoms with Crippen LogP contribution in [0.5, 0.6) is 0 Å². The first-order valence-electron chi connectivity index (χ1n) is 4.83. The average Bonchev–Trinajstić information content (AvgIpc) is 2.85. The number of nitrogens with zero attached hydrogens (tertiary/aromatic N) is 2. The molecular weight excluding hydrogens is 210 g/mol. The molecule has 0 aliphatic rings. The van der Waals surface area contributed by atoms with Crippen LogP contribution in [-0.2, 0) is 6.54 Å². The maximum atomic E-state index is 5.20. The van der Waals surface area contributed by atoms with Gasteiger partial charge in [-0.05, 0) is 0 Å². The molecule has 0 bridgehead atoms. The molecule has 0 atom stereocenters. The topological polar surface area (TPSA) is 51.0 Å². The molecule has 0 spiro atoms. The second kappa shape index (κ2) is 4.55. The highest BCUT2D eigenvalue weighted by Gasteiger charge is 2.08. The van der Waals surface area contributed by atoms with E-state index in [1.807, 2.05) is 11.4 Å².